The first-order valence-corrected chi connectivity index (χ1v) is 4.37. The summed E-state index contributed by atoms with van der Waals surface area (Å²) in [7, 11) is 0. The van der Waals surface area contributed by atoms with E-state index >= 15 is 0 Å². The zero-order chi connectivity index (χ0) is 11.6. The van der Waals surface area contributed by atoms with Crippen LogP contribution in [0.2, 0.25) is 0 Å². The number of halogens is 5. The second-order valence-corrected chi connectivity index (χ2v) is 3.51. The predicted molar refractivity (Wildman–Crippen MR) is 46.9 cm³/mol. The van der Waals surface area contributed by atoms with Gasteiger partial charge in [-0.15, -0.1) is 0 Å². The second kappa shape index (κ2) is 4.37. The highest BCUT2D eigenvalue weighted by molar-refractivity contribution is 6.22. The van der Waals surface area contributed by atoms with Gasteiger partial charge in [-0.2, -0.15) is 8.78 Å². The molecular weight excluding hydrogens is 236 g/mol. The summed E-state index contributed by atoms with van der Waals surface area (Å²) in [5, 5.41) is 5.11. The van der Waals surface area contributed by atoms with Crippen LogP contribution in [0.15, 0.2) is 18.2 Å². The standard InChI is InChI=1S/C9H7ClF4O/c10-9(13,14)8(15)4-5-1-2-6(11)7(12)3-5/h1-3,8,15H,4H2. The van der Waals surface area contributed by atoms with E-state index in [0.717, 1.165) is 18.2 Å². The molecule has 0 fully saturated rings. The van der Waals surface area contributed by atoms with E-state index in [0.29, 0.717) is 0 Å². The average Bonchev–Trinajstić information content (AvgIpc) is 2.10. The molecule has 1 rings (SSSR count). The zero-order valence-electron chi connectivity index (χ0n) is 7.35. The van der Waals surface area contributed by atoms with Crippen LogP contribution in [0.5, 0.6) is 0 Å². The molecule has 0 aromatic heterocycles. The van der Waals surface area contributed by atoms with Gasteiger partial charge in [0.1, 0.15) is 6.10 Å². The molecule has 6 heteroatoms. The molecule has 0 aliphatic heterocycles. The molecule has 1 N–H and O–H groups in total. The number of alkyl halides is 3. The molecule has 1 atom stereocenters. The molecule has 1 nitrogen and oxygen atoms in total. The van der Waals surface area contributed by atoms with Crippen molar-refractivity contribution in [2.75, 3.05) is 0 Å². The monoisotopic (exact) mass is 242 g/mol. The van der Waals surface area contributed by atoms with Crippen molar-refractivity contribution in [2.45, 2.75) is 17.9 Å². The third kappa shape index (κ3) is 3.35. The fraction of sp³-hybridized carbons (Fsp3) is 0.333. The van der Waals surface area contributed by atoms with Gasteiger partial charge in [0.2, 0.25) is 0 Å². The van der Waals surface area contributed by atoms with E-state index in [2.05, 4.69) is 11.6 Å². The Morgan fingerprint density at radius 3 is 2.33 bits per heavy atom. The SMILES string of the molecule is OC(Cc1ccc(F)c(F)c1)C(F)(F)Cl. The highest BCUT2D eigenvalue weighted by Crippen LogP contribution is 2.26. The minimum Gasteiger partial charge on any atom is -0.385 e. The molecule has 0 aliphatic rings. The van der Waals surface area contributed by atoms with Crippen LogP contribution < -0.4 is 0 Å². The topological polar surface area (TPSA) is 20.2 Å². The molecule has 0 saturated heterocycles. The molecule has 84 valence electrons. The normalized spacial score (nSPS) is 14.0. The summed E-state index contributed by atoms with van der Waals surface area (Å²) in [6, 6.07) is 2.63. The molecule has 0 aliphatic carbocycles. The van der Waals surface area contributed by atoms with Crippen molar-refractivity contribution in [2.24, 2.45) is 0 Å². The van der Waals surface area contributed by atoms with Crippen LogP contribution >= 0.6 is 11.6 Å². The van der Waals surface area contributed by atoms with Crippen molar-refractivity contribution in [3.8, 4) is 0 Å². The van der Waals surface area contributed by atoms with Crippen LogP contribution in [0.25, 0.3) is 0 Å². The lowest BCUT2D eigenvalue weighted by Crippen LogP contribution is -2.29. The van der Waals surface area contributed by atoms with Gasteiger partial charge in [-0.3, -0.25) is 0 Å². The highest BCUT2D eigenvalue weighted by Gasteiger charge is 2.35. The first kappa shape index (κ1) is 12.3. The average molecular weight is 243 g/mol. The third-order valence-corrected chi connectivity index (χ3v) is 2.04. The van der Waals surface area contributed by atoms with Crippen molar-refractivity contribution in [1.29, 1.82) is 0 Å². The minimum atomic E-state index is -3.79. The molecule has 0 saturated carbocycles. The van der Waals surface area contributed by atoms with Crippen molar-refractivity contribution in [3.05, 3.63) is 35.4 Å². The number of hydrogen-bond donors (Lipinski definition) is 1. The van der Waals surface area contributed by atoms with E-state index in [-0.39, 0.29) is 5.56 Å². The largest absolute Gasteiger partial charge is 0.385 e. The number of benzene rings is 1. The van der Waals surface area contributed by atoms with Gasteiger partial charge in [-0.1, -0.05) is 6.07 Å². The quantitative estimate of drug-likeness (QED) is 0.638. The van der Waals surface area contributed by atoms with Gasteiger partial charge < -0.3 is 5.11 Å². The van der Waals surface area contributed by atoms with Crippen LogP contribution in [0.4, 0.5) is 17.6 Å². The first-order valence-electron chi connectivity index (χ1n) is 3.99. The van der Waals surface area contributed by atoms with Gasteiger partial charge in [0.05, 0.1) is 0 Å². The minimum absolute atomic E-state index is 0.0433. The Kier molecular flexibility index (Phi) is 3.57. The number of rotatable bonds is 3. The summed E-state index contributed by atoms with van der Waals surface area (Å²) in [6.07, 6.45) is -2.68. The first-order chi connectivity index (χ1) is 6.80. The van der Waals surface area contributed by atoms with Gasteiger partial charge in [0, 0.05) is 6.42 Å². The Hall–Kier alpha value is -0.810. The summed E-state index contributed by atoms with van der Waals surface area (Å²) < 4.78 is 49.8. The molecule has 0 spiro atoms. The molecular formula is C9H7ClF4O. The van der Waals surface area contributed by atoms with E-state index in [4.69, 9.17) is 5.11 Å². The van der Waals surface area contributed by atoms with E-state index in [1.807, 2.05) is 0 Å². The van der Waals surface area contributed by atoms with Crippen LogP contribution in [0, 0.1) is 11.6 Å². The molecule has 1 unspecified atom stereocenters. The zero-order valence-corrected chi connectivity index (χ0v) is 8.11. The molecule has 1 aromatic carbocycles. The number of aliphatic hydroxyl groups is 1. The molecule has 1 aromatic rings. The number of hydrogen-bond acceptors (Lipinski definition) is 1. The maximum absolute atomic E-state index is 12.6. The Bertz CT molecular complexity index is 350. The number of aliphatic hydroxyl groups excluding tert-OH is 1. The van der Waals surface area contributed by atoms with Crippen LogP contribution in [-0.2, 0) is 6.42 Å². The van der Waals surface area contributed by atoms with E-state index in [1.165, 1.54) is 0 Å². The molecule has 15 heavy (non-hydrogen) atoms. The smallest absolute Gasteiger partial charge is 0.347 e. The lowest BCUT2D eigenvalue weighted by molar-refractivity contribution is -0.0398. The van der Waals surface area contributed by atoms with Crippen molar-refractivity contribution < 1.29 is 22.7 Å². The van der Waals surface area contributed by atoms with Crippen LogP contribution in [0.3, 0.4) is 0 Å². The Morgan fingerprint density at radius 1 is 1.27 bits per heavy atom. The van der Waals surface area contributed by atoms with Gasteiger partial charge >= 0.3 is 5.38 Å². The van der Waals surface area contributed by atoms with E-state index < -0.39 is 29.5 Å². The fourth-order valence-corrected chi connectivity index (χ4v) is 1.08. The predicted octanol–water partition coefficient (Wildman–Crippen LogP) is 2.70. The second-order valence-electron chi connectivity index (χ2n) is 3.01. The van der Waals surface area contributed by atoms with Crippen molar-refractivity contribution in [3.63, 3.8) is 0 Å². The molecule has 0 bridgehead atoms. The third-order valence-electron chi connectivity index (χ3n) is 1.79. The molecule has 0 heterocycles. The summed E-state index contributed by atoms with van der Waals surface area (Å²) in [6.45, 7) is 0. The van der Waals surface area contributed by atoms with Crippen molar-refractivity contribution in [1.82, 2.24) is 0 Å². The fourth-order valence-electron chi connectivity index (χ4n) is 1.01. The van der Waals surface area contributed by atoms with Gasteiger partial charge in [-0.05, 0) is 29.3 Å². The van der Waals surface area contributed by atoms with Crippen molar-refractivity contribution >= 4 is 11.6 Å². The lowest BCUT2D eigenvalue weighted by Gasteiger charge is -2.15. The maximum Gasteiger partial charge on any atom is 0.347 e. The lowest BCUT2D eigenvalue weighted by atomic mass is 10.1. The Labute approximate surface area is 88.3 Å². The molecule has 0 radical (unpaired) electrons. The van der Waals surface area contributed by atoms with Gasteiger partial charge in [0.15, 0.2) is 11.6 Å². The summed E-state index contributed by atoms with van der Waals surface area (Å²) in [5.74, 6) is -2.23. The van der Waals surface area contributed by atoms with Gasteiger partial charge in [0.25, 0.3) is 0 Å². The Morgan fingerprint density at radius 2 is 1.87 bits per heavy atom. The molecule has 0 amide bonds. The summed E-state index contributed by atoms with van der Waals surface area (Å²) >= 11 is 4.55. The summed E-state index contributed by atoms with van der Waals surface area (Å²) in [5.41, 5.74) is 0.0433. The van der Waals surface area contributed by atoms with E-state index in [1.54, 1.807) is 0 Å². The highest BCUT2D eigenvalue weighted by atomic mass is 35.5. The van der Waals surface area contributed by atoms with Gasteiger partial charge in [-0.25, -0.2) is 8.78 Å². The van der Waals surface area contributed by atoms with Crippen LogP contribution in [0.1, 0.15) is 5.56 Å². The maximum atomic E-state index is 12.6. The van der Waals surface area contributed by atoms with E-state index in [9.17, 15) is 17.6 Å². The van der Waals surface area contributed by atoms with Crippen LogP contribution in [-0.4, -0.2) is 16.6 Å². The Balaban J connectivity index is 2.78. The summed E-state index contributed by atoms with van der Waals surface area (Å²) in [4.78, 5) is 0.